The van der Waals surface area contributed by atoms with E-state index in [-0.39, 0.29) is 17.3 Å². The number of β-amino-alcohol motifs (C(OH)–C–C–N with tert-alkyl or cyclic N) is 1. The second kappa shape index (κ2) is 7.33. The van der Waals surface area contributed by atoms with Gasteiger partial charge in [-0.05, 0) is 68.1 Å². The van der Waals surface area contributed by atoms with E-state index in [1.54, 1.807) is 30.3 Å². The predicted molar refractivity (Wildman–Crippen MR) is 112 cm³/mol. The van der Waals surface area contributed by atoms with Gasteiger partial charge in [-0.2, -0.15) is 9.40 Å². The molecule has 2 fully saturated rings. The summed E-state index contributed by atoms with van der Waals surface area (Å²) in [4.78, 5) is 0.182. The molecule has 158 valence electrons. The van der Waals surface area contributed by atoms with Crippen LogP contribution in [-0.2, 0) is 10.0 Å². The van der Waals surface area contributed by atoms with E-state index < -0.39 is 16.1 Å². The molecule has 1 aliphatic carbocycles. The Hall–Kier alpha value is -2.49. The molecule has 9 heteroatoms. The average molecular weight is 431 g/mol. The number of aromatic nitrogens is 2. The number of hydrogen-bond donors (Lipinski definition) is 2. The fourth-order valence-electron chi connectivity index (χ4n) is 3.93. The molecule has 0 spiro atoms. The van der Waals surface area contributed by atoms with Gasteiger partial charge in [0.2, 0.25) is 10.0 Å². The smallest absolute Gasteiger partial charge is 0.243 e. The van der Waals surface area contributed by atoms with Gasteiger partial charge in [0.05, 0.1) is 22.6 Å². The average Bonchev–Trinajstić information content (AvgIpc) is 3.52. The highest BCUT2D eigenvalue weighted by Crippen LogP contribution is 2.40. The number of sulfonamides is 1. The molecule has 0 bridgehead atoms. The van der Waals surface area contributed by atoms with Crippen molar-refractivity contribution < 1.29 is 17.9 Å². The third-order valence-corrected chi connectivity index (χ3v) is 7.54. The zero-order chi connectivity index (χ0) is 20.9. The molecule has 2 N–H and O–H groups in total. The lowest BCUT2D eigenvalue weighted by atomic mass is 10.1. The first kappa shape index (κ1) is 19.5. The van der Waals surface area contributed by atoms with Crippen LogP contribution in [0.15, 0.2) is 47.4 Å². The molecule has 3 aromatic rings. The Morgan fingerprint density at radius 3 is 2.57 bits per heavy atom. The Bertz CT molecular complexity index is 1190. The number of aliphatic hydroxyl groups excluding tert-OH is 1. The molecule has 1 aliphatic heterocycles. The van der Waals surface area contributed by atoms with Crippen LogP contribution >= 0.6 is 0 Å². The van der Waals surface area contributed by atoms with Gasteiger partial charge in [0, 0.05) is 24.2 Å². The number of nitrogens with zero attached hydrogens (tertiary/aromatic N) is 3. The lowest BCUT2D eigenvalue weighted by molar-refractivity contribution is 0.108. The largest absolute Gasteiger partial charge is 0.392 e. The van der Waals surface area contributed by atoms with Crippen molar-refractivity contribution in [1.29, 1.82) is 0 Å². The number of halogens is 1. The highest BCUT2D eigenvalue weighted by atomic mass is 32.2. The second-order valence-corrected chi connectivity index (χ2v) is 9.93. The van der Waals surface area contributed by atoms with E-state index in [1.807, 2.05) is 4.68 Å². The summed E-state index contributed by atoms with van der Waals surface area (Å²) in [6.07, 6.45) is 2.70. The van der Waals surface area contributed by atoms with Gasteiger partial charge < -0.3 is 10.4 Å². The lowest BCUT2D eigenvalue weighted by Gasteiger charge is -2.29. The molecule has 1 atom stereocenters. The van der Waals surface area contributed by atoms with Crippen molar-refractivity contribution in [2.24, 2.45) is 0 Å². The van der Waals surface area contributed by atoms with Crippen LogP contribution in [0, 0.1) is 5.82 Å². The maximum atomic E-state index is 13.2. The van der Waals surface area contributed by atoms with Crippen molar-refractivity contribution in [2.45, 2.75) is 42.7 Å². The number of fused-ring (bicyclic) bond motifs is 1. The van der Waals surface area contributed by atoms with Gasteiger partial charge in [-0.3, -0.25) is 4.68 Å². The fourth-order valence-corrected chi connectivity index (χ4v) is 5.47. The molecule has 1 saturated heterocycles. The molecule has 5 rings (SSSR count). The molecule has 1 aromatic heterocycles. The van der Waals surface area contributed by atoms with Crippen LogP contribution in [0.3, 0.4) is 0 Å². The van der Waals surface area contributed by atoms with Crippen LogP contribution in [0.1, 0.15) is 31.7 Å². The van der Waals surface area contributed by atoms with E-state index in [2.05, 4.69) is 10.4 Å². The molecular weight excluding hydrogens is 407 g/mol. The standard InChI is InChI=1S/C21H23FN4O3S/c22-14-3-5-15(6-4-14)23-21-19-12-18(9-10-20(19)26(24-21)16-7-8-16)30(28,29)25-11-1-2-17(27)13-25/h3-6,9-10,12,16-17,27H,1-2,7-8,11,13H2,(H,23,24). The summed E-state index contributed by atoms with van der Waals surface area (Å²) < 4.78 is 42.9. The molecule has 7 nitrogen and oxygen atoms in total. The first-order chi connectivity index (χ1) is 14.4. The van der Waals surface area contributed by atoms with E-state index in [1.165, 1.54) is 16.4 Å². The summed E-state index contributed by atoms with van der Waals surface area (Å²) in [5, 5.41) is 18.5. The van der Waals surface area contributed by atoms with Gasteiger partial charge in [0.25, 0.3) is 0 Å². The van der Waals surface area contributed by atoms with Gasteiger partial charge in [-0.15, -0.1) is 0 Å². The Morgan fingerprint density at radius 2 is 1.87 bits per heavy atom. The second-order valence-electron chi connectivity index (χ2n) is 7.99. The normalized spacial score (nSPS) is 20.5. The minimum absolute atomic E-state index is 0.113. The maximum absolute atomic E-state index is 13.2. The summed E-state index contributed by atoms with van der Waals surface area (Å²) in [7, 11) is -3.72. The molecular formula is C21H23FN4O3S. The van der Waals surface area contributed by atoms with Gasteiger partial charge in [-0.1, -0.05) is 0 Å². The molecule has 1 saturated carbocycles. The number of piperidine rings is 1. The van der Waals surface area contributed by atoms with E-state index in [4.69, 9.17) is 0 Å². The Kier molecular flexibility index (Phi) is 4.76. The van der Waals surface area contributed by atoms with Gasteiger partial charge >= 0.3 is 0 Å². The zero-order valence-electron chi connectivity index (χ0n) is 16.3. The molecule has 2 aliphatic rings. The van der Waals surface area contributed by atoms with Gasteiger partial charge in [0.15, 0.2) is 5.82 Å². The van der Waals surface area contributed by atoms with Gasteiger partial charge in [0.1, 0.15) is 5.82 Å². The number of aliphatic hydroxyl groups is 1. The lowest BCUT2D eigenvalue weighted by Crippen LogP contribution is -2.42. The van der Waals surface area contributed by atoms with Crippen LogP contribution in [0.25, 0.3) is 10.9 Å². The van der Waals surface area contributed by atoms with Crippen LogP contribution < -0.4 is 5.32 Å². The van der Waals surface area contributed by atoms with Crippen LogP contribution in [0.5, 0.6) is 0 Å². The summed E-state index contributed by atoms with van der Waals surface area (Å²) in [5.41, 5.74) is 1.53. The maximum Gasteiger partial charge on any atom is 0.243 e. The Balaban J connectivity index is 1.56. The van der Waals surface area contributed by atoms with Gasteiger partial charge in [-0.25, -0.2) is 12.8 Å². The van der Waals surface area contributed by atoms with Crippen LogP contribution in [-0.4, -0.2) is 46.8 Å². The minimum atomic E-state index is -3.72. The van der Waals surface area contributed by atoms with Crippen molar-refractivity contribution in [3.8, 4) is 0 Å². The number of rotatable bonds is 5. The molecule has 2 aromatic carbocycles. The summed E-state index contributed by atoms with van der Waals surface area (Å²) >= 11 is 0. The molecule has 1 unspecified atom stereocenters. The molecule has 2 heterocycles. The third-order valence-electron chi connectivity index (χ3n) is 5.67. The van der Waals surface area contributed by atoms with E-state index in [0.717, 1.165) is 18.4 Å². The SMILES string of the molecule is O=S(=O)(c1ccc2c(c1)c(Nc1ccc(F)cc1)nn2C1CC1)N1CCCC(O)C1. The predicted octanol–water partition coefficient (Wildman–Crippen LogP) is 3.40. The monoisotopic (exact) mass is 430 g/mol. The van der Waals surface area contributed by atoms with Crippen molar-refractivity contribution in [3.63, 3.8) is 0 Å². The van der Waals surface area contributed by atoms with E-state index >= 15 is 0 Å². The molecule has 0 amide bonds. The summed E-state index contributed by atoms with van der Waals surface area (Å²) in [6.45, 7) is 0.516. The highest BCUT2D eigenvalue weighted by Gasteiger charge is 2.31. The number of benzene rings is 2. The minimum Gasteiger partial charge on any atom is -0.392 e. The fraction of sp³-hybridized carbons (Fsp3) is 0.381. The number of hydrogen-bond acceptors (Lipinski definition) is 5. The Morgan fingerprint density at radius 1 is 1.10 bits per heavy atom. The van der Waals surface area contributed by atoms with Crippen molar-refractivity contribution in [1.82, 2.24) is 14.1 Å². The van der Waals surface area contributed by atoms with E-state index in [9.17, 15) is 17.9 Å². The summed E-state index contributed by atoms with van der Waals surface area (Å²) in [5.74, 6) is 0.213. The first-order valence-electron chi connectivity index (χ1n) is 10.1. The van der Waals surface area contributed by atoms with Crippen LogP contribution in [0.4, 0.5) is 15.9 Å². The highest BCUT2D eigenvalue weighted by molar-refractivity contribution is 7.89. The number of nitrogens with one attached hydrogen (secondary N) is 1. The molecule has 30 heavy (non-hydrogen) atoms. The van der Waals surface area contributed by atoms with Crippen molar-refractivity contribution >= 4 is 32.4 Å². The zero-order valence-corrected chi connectivity index (χ0v) is 17.1. The van der Waals surface area contributed by atoms with Crippen LogP contribution in [0.2, 0.25) is 0 Å². The number of anilines is 2. The van der Waals surface area contributed by atoms with Crippen molar-refractivity contribution in [2.75, 3.05) is 18.4 Å². The third kappa shape index (κ3) is 3.57. The van der Waals surface area contributed by atoms with E-state index in [0.29, 0.717) is 42.3 Å². The molecule has 0 radical (unpaired) electrons. The quantitative estimate of drug-likeness (QED) is 0.648. The van der Waals surface area contributed by atoms with Crippen molar-refractivity contribution in [3.05, 3.63) is 48.3 Å². The topological polar surface area (TPSA) is 87.5 Å². The first-order valence-corrected chi connectivity index (χ1v) is 11.6. The summed E-state index contributed by atoms with van der Waals surface area (Å²) in [6, 6.07) is 11.3. The Labute approximate surface area is 174 Å².